The highest BCUT2D eigenvalue weighted by molar-refractivity contribution is 9.10. The minimum atomic E-state index is -1.38. The molecule has 1 aliphatic heterocycles. The van der Waals surface area contributed by atoms with Crippen LogP contribution in [0.5, 0.6) is 0 Å². The van der Waals surface area contributed by atoms with Gasteiger partial charge in [-0.2, -0.15) is 0 Å². The van der Waals surface area contributed by atoms with Crippen molar-refractivity contribution in [3.63, 3.8) is 0 Å². The first-order chi connectivity index (χ1) is 8.45. The minimum absolute atomic E-state index is 0.0832. The third kappa shape index (κ3) is 2.15. The first-order valence-electron chi connectivity index (χ1n) is 5.09. The second kappa shape index (κ2) is 4.94. The zero-order valence-electron chi connectivity index (χ0n) is 8.99. The molecular weight excluding hydrogens is 312 g/mol. The molecular formula is C9H11BrN2O6. The highest BCUT2D eigenvalue weighted by Gasteiger charge is 2.43. The molecule has 0 amide bonds. The first-order valence-corrected chi connectivity index (χ1v) is 5.88. The van der Waals surface area contributed by atoms with Crippen molar-refractivity contribution in [1.82, 2.24) is 9.55 Å². The minimum Gasteiger partial charge on any atom is -0.394 e. The number of aliphatic hydroxyl groups is 3. The van der Waals surface area contributed by atoms with Gasteiger partial charge in [0.2, 0.25) is 0 Å². The van der Waals surface area contributed by atoms with Crippen LogP contribution in [-0.2, 0) is 4.74 Å². The van der Waals surface area contributed by atoms with E-state index < -0.39 is 42.4 Å². The van der Waals surface area contributed by atoms with Crippen molar-refractivity contribution in [1.29, 1.82) is 0 Å². The Morgan fingerprint density at radius 2 is 2.06 bits per heavy atom. The number of ether oxygens (including phenoxy) is 1. The molecule has 1 aromatic rings. The quantitative estimate of drug-likeness (QED) is 0.495. The lowest BCUT2D eigenvalue weighted by Crippen LogP contribution is -2.38. The summed E-state index contributed by atoms with van der Waals surface area (Å²) in [6.45, 7) is -0.492. The molecule has 0 unspecified atom stereocenters. The van der Waals surface area contributed by atoms with Crippen LogP contribution in [0, 0.1) is 0 Å². The van der Waals surface area contributed by atoms with E-state index in [1.165, 1.54) is 0 Å². The van der Waals surface area contributed by atoms with Gasteiger partial charge in [-0.15, -0.1) is 0 Å². The number of nitrogens with zero attached hydrogens (tertiary/aromatic N) is 1. The largest absolute Gasteiger partial charge is 0.394 e. The first kappa shape index (κ1) is 13.4. The summed E-state index contributed by atoms with van der Waals surface area (Å²) in [5.74, 6) is 0. The van der Waals surface area contributed by atoms with Gasteiger partial charge in [0.15, 0.2) is 6.23 Å². The molecule has 2 heterocycles. The lowest BCUT2D eigenvalue weighted by Gasteiger charge is -2.17. The van der Waals surface area contributed by atoms with Gasteiger partial charge >= 0.3 is 5.69 Å². The summed E-state index contributed by atoms with van der Waals surface area (Å²) in [4.78, 5) is 24.8. The van der Waals surface area contributed by atoms with E-state index >= 15 is 0 Å². The molecule has 1 fully saturated rings. The highest BCUT2D eigenvalue weighted by Crippen LogP contribution is 2.28. The van der Waals surface area contributed by atoms with Gasteiger partial charge in [0.25, 0.3) is 5.56 Å². The summed E-state index contributed by atoms with van der Waals surface area (Å²) in [7, 11) is 0. The van der Waals surface area contributed by atoms with E-state index in [0.717, 1.165) is 10.8 Å². The Balaban J connectivity index is 2.42. The van der Waals surface area contributed by atoms with Crippen molar-refractivity contribution in [3.8, 4) is 0 Å². The lowest BCUT2D eigenvalue weighted by atomic mass is 10.1. The van der Waals surface area contributed by atoms with Gasteiger partial charge < -0.3 is 20.1 Å². The maximum Gasteiger partial charge on any atom is 0.330 e. The van der Waals surface area contributed by atoms with Gasteiger partial charge in [0, 0.05) is 6.20 Å². The van der Waals surface area contributed by atoms with Crippen molar-refractivity contribution in [2.24, 2.45) is 0 Å². The number of aromatic nitrogens is 2. The molecule has 4 N–H and O–H groups in total. The van der Waals surface area contributed by atoms with Gasteiger partial charge in [-0.3, -0.25) is 14.3 Å². The molecule has 18 heavy (non-hydrogen) atoms. The van der Waals surface area contributed by atoms with Crippen LogP contribution in [0.1, 0.15) is 6.23 Å². The third-order valence-corrected chi connectivity index (χ3v) is 3.28. The van der Waals surface area contributed by atoms with Crippen molar-refractivity contribution in [2.75, 3.05) is 6.61 Å². The zero-order chi connectivity index (χ0) is 13.4. The number of rotatable bonds is 2. The Morgan fingerprint density at radius 1 is 1.39 bits per heavy atom. The van der Waals surface area contributed by atoms with Gasteiger partial charge in [0.1, 0.15) is 18.3 Å². The number of aromatic amines is 1. The maximum atomic E-state index is 11.6. The third-order valence-electron chi connectivity index (χ3n) is 2.72. The number of hydrogen-bond donors (Lipinski definition) is 4. The molecule has 4 atom stereocenters. The molecule has 1 aromatic heterocycles. The topological polar surface area (TPSA) is 125 Å². The standard InChI is InChI=1S/C9H11BrN2O6/c10-3-1-12(9(17)11-7(3)16)8-6(15)5(14)4(2-13)18-8/h1,4-6,8,13-15H,2H2,(H,11,16,17)/t4-,5-,6-,8+/m1/s1. The Bertz CT molecular complexity index is 555. The van der Waals surface area contributed by atoms with Crippen molar-refractivity contribution in [2.45, 2.75) is 24.5 Å². The highest BCUT2D eigenvalue weighted by atomic mass is 79.9. The Labute approximate surface area is 109 Å². The summed E-state index contributed by atoms with van der Waals surface area (Å²) >= 11 is 2.94. The second-order valence-electron chi connectivity index (χ2n) is 3.87. The average molecular weight is 323 g/mol. The summed E-state index contributed by atoms with van der Waals surface area (Å²) in [5, 5.41) is 28.3. The number of halogens is 1. The summed E-state index contributed by atoms with van der Waals surface area (Å²) < 4.78 is 6.19. The molecule has 100 valence electrons. The van der Waals surface area contributed by atoms with Gasteiger partial charge in [0.05, 0.1) is 11.1 Å². The molecule has 0 aromatic carbocycles. The summed E-state index contributed by atoms with van der Waals surface area (Å²) in [5.41, 5.74) is -1.39. The van der Waals surface area contributed by atoms with E-state index in [2.05, 4.69) is 15.9 Å². The van der Waals surface area contributed by atoms with E-state index in [9.17, 15) is 19.8 Å². The molecule has 9 heteroatoms. The molecule has 0 bridgehead atoms. The molecule has 8 nitrogen and oxygen atoms in total. The second-order valence-corrected chi connectivity index (χ2v) is 4.73. The normalized spacial score (nSPS) is 31.8. The van der Waals surface area contributed by atoms with E-state index in [4.69, 9.17) is 9.84 Å². The molecule has 2 rings (SSSR count). The fourth-order valence-electron chi connectivity index (χ4n) is 1.76. The van der Waals surface area contributed by atoms with Crippen LogP contribution in [0.25, 0.3) is 0 Å². The summed E-state index contributed by atoms with van der Waals surface area (Å²) in [6.07, 6.45) is -3.68. The van der Waals surface area contributed by atoms with Gasteiger partial charge in [-0.25, -0.2) is 4.79 Å². The fraction of sp³-hybridized carbons (Fsp3) is 0.556. The molecule has 0 saturated carbocycles. The summed E-state index contributed by atoms with van der Waals surface area (Å²) in [6, 6.07) is 0. The smallest absolute Gasteiger partial charge is 0.330 e. The van der Waals surface area contributed by atoms with Crippen molar-refractivity contribution < 1.29 is 20.1 Å². The fourth-order valence-corrected chi connectivity index (χ4v) is 2.08. The van der Waals surface area contributed by atoms with Crippen molar-refractivity contribution >= 4 is 15.9 Å². The molecule has 1 aliphatic rings. The number of nitrogens with one attached hydrogen (secondary N) is 1. The Kier molecular flexibility index (Phi) is 3.69. The molecule has 0 aliphatic carbocycles. The van der Waals surface area contributed by atoms with Crippen LogP contribution < -0.4 is 11.2 Å². The van der Waals surface area contributed by atoms with E-state index in [1.54, 1.807) is 0 Å². The van der Waals surface area contributed by atoms with Crippen LogP contribution in [0.4, 0.5) is 0 Å². The van der Waals surface area contributed by atoms with Crippen LogP contribution in [0.15, 0.2) is 20.3 Å². The number of H-pyrrole nitrogens is 1. The predicted octanol–water partition coefficient (Wildman–Crippen LogP) is -2.09. The van der Waals surface area contributed by atoms with Gasteiger partial charge in [-0.05, 0) is 15.9 Å². The number of hydrogen-bond acceptors (Lipinski definition) is 6. The van der Waals surface area contributed by atoms with E-state index in [1.807, 2.05) is 4.98 Å². The SMILES string of the molecule is O=c1[nH]c(=O)n([C@H]2O[C@H](CO)[C@@H](O)[C@H]2O)cc1Br. The Morgan fingerprint density at radius 3 is 2.61 bits per heavy atom. The Hall–Kier alpha value is -1.00. The number of aliphatic hydroxyl groups excluding tert-OH is 3. The molecule has 0 spiro atoms. The maximum absolute atomic E-state index is 11.6. The monoisotopic (exact) mass is 322 g/mol. The van der Waals surface area contributed by atoms with E-state index in [0.29, 0.717) is 0 Å². The van der Waals surface area contributed by atoms with Crippen LogP contribution >= 0.6 is 15.9 Å². The average Bonchev–Trinajstić information content (AvgIpc) is 2.61. The van der Waals surface area contributed by atoms with Crippen LogP contribution in [-0.4, -0.2) is 49.8 Å². The lowest BCUT2D eigenvalue weighted by molar-refractivity contribution is -0.0551. The van der Waals surface area contributed by atoms with E-state index in [-0.39, 0.29) is 4.47 Å². The zero-order valence-corrected chi connectivity index (χ0v) is 10.6. The molecule has 0 radical (unpaired) electrons. The van der Waals surface area contributed by atoms with Gasteiger partial charge in [-0.1, -0.05) is 0 Å². The van der Waals surface area contributed by atoms with Crippen LogP contribution in [0.2, 0.25) is 0 Å². The predicted molar refractivity (Wildman–Crippen MR) is 62.0 cm³/mol. The van der Waals surface area contributed by atoms with Crippen molar-refractivity contribution in [3.05, 3.63) is 31.5 Å². The van der Waals surface area contributed by atoms with Crippen LogP contribution in [0.3, 0.4) is 0 Å². The molecule has 1 saturated heterocycles.